The zero-order valence-electron chi connectivity index (χ0n) is 12.2. The summed E-state index contributed by atoms with van der Waals surface area (Å²) in [4.78, 5) is 22.8. The third kappa shape index (κ3) is 4.60. The highest BCUT2D eigenvalue weighted by atomic mass is 35.5. The molecule has 0 saturated carbocycles. The molecule has 0 radical (unpaired) electrons. The Morgan fingerprint density at radius 2 is 2.00 bits per heavy atom. The number of imide groups is 1. The highest BCUT2D eigenvalue weighted by Crippen LogP contribution is 2.22. The second kappa shape index (κ2) is 7.84. The van der Waals surface area contributed by atoms with Crippen LogP contribution < -0.4 is 16.5 Å². The average molecular weight is 355 g/mol. The fourth-order valence-corrected chi connectivity index (χ4v) is 2.45. The maximum Gasteiger partial charge on any atom is 0.321 e. The third-order valence-electron chi connectivity index (χ3n) is 2.69. The molecule has 122 valence electrons. The number of rotatable bonds is 5. The van der Waals surface area contributed by atoms with E-state index in [1.165, 1.54) is 4.68 Å². The van der Waals surface area contributed by atoms with E-state index >= 15 is 0 Å². The van der Waals surface area contributed by atoms with Crippen molar-refractivity contribution in [2.24, 2.45) is 0 Å². The Balaban J connectivity index is 1.98. The topological polar surface area (TPSA) is 115 Å². The summed E-state index contributed by atoms with van der Waals surface area (Å²) < 4.78 is 1.29. The predicted molar refractivity (Wildman–Crippen MR) is 88.6 cm³/mol. The van der Waals surface area contributed by atoms with Crippen molar-refractivity contribution in [1.82, 2.24) is 25.5 Å². The van der Waals surface area contributed by atoms with E-state index < -0.39 is 11.9 Å². The first kappa shape index (κ1) is 17.1. The number of carbonyl (C=O) groups excluding carboxylic acids is 2. The zero-order valence-corrected chi connectivity index (χ0v) is 13.8. The van der Waals surface area contributed by atoms with Crippen LogP contribution in [0.15, 0.2) is 29.4 Å². The molecule has 2 aromatic rings. The van der Waals surface area contributed by atoms with Gasteiger partial charge in [-0.05, 0) is 31.2 Å². The third-order valence-corrected chi connectivity index (χ3v) is 3.88. The number of nitrogen functional groups attached to an aromatic ring is 1. The normalized spacial score (nSPS) is 10.3. The molecule has 8 nitrogen and oxygen atoms in total. The number of thioether (sulfide) groups is 1. The van der Waals surface area contributed by atoms with E-state index in [-0.39, 0.29) is 5.75 Å². The van der Waals surface area contributed by atoms with Crippen molar-refractivity contribution in [2.75, 3.05) is 18.1 Å². The number of benzene rings is 1. The van der Waals surface area contributed by atoms with E-state index in [0.717, 1.165) is 17.3 Å². The van der Waals surface area contributed by atoms with Crippen LogP contribution in [0.4, 0.5) is 4.79 Å². The summed E-state index contributed by atoms with van der Waals surface area (Å²) in [5, 5.41) is 13.6. The van der Waals surface area contributed by atoms with Gasteiger partial charge in [-0.15, -0.1) is 10.2 Å². The second-order valence-electron chi connectivity index (χ2n) is 4.38. The van der Waals surface area contributed by atoms with Gasteiger partial charge in [0.2, 0.25) is 11.1 Å². The van der Waals surface area contributed by atoms with E-state index in [0.29, 0.717) is 22.5 Å². The van der Waals surface area contributed by atoms with Gasteiger partial charge in [0, 0.05) is 17.1 Å². The first-order valence-electron chi connectivity index (χ1n) is 6.68. The Morgan fingerprint density at radius 3 is 2.65 bits per heavy atom. The lowest BCUT2D eigenvalue weighted by Crippen LogP contribution is -2.40. The van der Waals surface area contributed by atoms with Crippen molar-refractivity contribution in [3.63, 3.8) is 0 Å². The number of nitrogens with two attached hydrogens (primary N) is 1. The van der Waals surface area contributed by atoms with Gasteiger partial charge in [-0.2, -0.15) is 0 Å². The first-order valence-corrected chi connectivity index (χ1v) is 8.04. The number of nitrogens with one attached hydrogen (secondary N) is 2. The summed E-state index contributed by atoms with van der Waals surface area (Å²) in [6.45, 7) is 2.20. The van der Waals surface area contributed by atoms with Crippen molar-refractivity contribution >= 4 is 35.3 Å². The SMILES string of the molecule is CCNC(=O)NC(=O)CSc1nnc(-c2ccc(Cl)cc2)n1N. The molecule has 23 heavy (non-hydrogen) atoms. The number of hydrogen-bond donors (Lipinski definition) is 3. The van der Waals surface area contributed by atoms with E-state index in [4.69, 9.17) is 17.4 Å². The molecular formula is C13H15ClN6O2S. The number of hydrogen-bond acceptors (Lipinski definition) is 6. The molecule has 1 aromatic heterocycles. The quantitative estimate of drug-likeness (QED) is 0.550. The second-order valence-corrected chi connectivity index (χ2v) is 5.76. The molecule has 10 heteroatoms. The molecule has 1 heterocycles. The van der Waals surface area contributed by atoms with Gasteiger partial charge >= 0.3 is 6.03 Å². The van der Waals surface area contributed by atoms with Crippen LogP contribution in [0.25, 0.3) is 11.4 Å². The van der Waals surface area contributed by atoms with Crippen LogP contribution in [0, 0.1) is 0 Å². The first-order chi connectivity index (χ1) is 11.0. The minimum atomic E-state index is -0.533. The lowest BCUT2D eigenvalue weighted by atomic mass is 10.2. The van der Waals surface area contributed by atoms with Crippen LogP contribution in [0.3, 0.4) is 0 Å². The molecule has 0 atom stereocenters. The van der Waals surface area contributed by atoms with Crippen molar-refractivity contribution < 1.29 is 9.59 Å². The van der Waals surface area contributed by atoms with Gasteiger partial charge < -0.3 is 11.2 Å². The highest BCUT2D eigenvalue weighted by Gasteiger charge is 2.14. The maximum absolute atomic E-state index is 11.6. The number of aromatic nitrogens is 3. The summed E-state index contributed by atoms with van der Waals surface area (Å²) in [5.74, 6) is 5.93. The molecule has 0 unspecified atom stereocenters. The van der Waals surface area contributed by atoms with E-state index in [9.17, 15) is 9.59 Å². The largest absolute Gasteiger partial charge is 0.338 e. The average Bonchev–Trinajstić information content (AvgIpc) is 2.87. The van der Waals surface area contributed by atoms with Gasteiger partial charge in [0.1, 0.15) is 0 Å². The molecule has 1 aromatic carbocycles. The molecule has 0 aliphatic carbocycles. The smallest absolute Gasteiger partial charge is 0.321 e. The van der Waals surface area contributed by atoms with E-state index in [1.54, 1.807) is 31.2 Å². The Labute approximate surface area is 141 Å². The van der Waals surface area contributed by atoms with Gasteiger partial charge in [-0.1, -0.05) is 23.4 Å². The molecule has 2 rings (SSSR count). The van der Waals surface area contributed by atoms with Gasteiger partial charge in [0.15, 0.2) is 5.82 Å². The number of nitrogens with zero attached hydrogens (tertiary/aromatic N) is 3. The van der Waals surface area contributed by atoms with Crippen LogP contribution in [-0.2, 0) is 4.79 Å². The van der Waals surface area contributed by atoms with Crippen LogP contribution in [-0.4, -0.2) is 39.1 Å². The van der Waals surface area contributed by atoms with Gasteiger partial charge in [-0.25, -0.2) is 9.47 Å². The van der Waals surface area contributed by atoms with E-state index in [2.05, 4.69) is 20.8 Å². The van der Waals surface area contributed by atoms with E-state index in [1.807, 2.05) is 0 Å². The maximum atomic E-state index is 11.6. The van der Waals surface area contributed by atoms with Gasteiger partial charge in [0.05, 0.1) is 5.75 Å². The zero-order chi connectivity index (χ0) is 16.8. The summed E-state index contributed by atoms with van der Waals surface area (Å²) >= 11 is 6.92. The van der Waals surface area contributed by atoms with Crippen LogP contribution in [0.2, 0.25) is 5.02 Å². The Kier molecular flexibility index (Phi) is 5.83. The fraction of sp³-hybridized carbons (Fsp3) is 0.231. The van der Waals surface area contributed by atoms with Crippen LogP contribution >= 0.6 is 23.4 Å². The molecule has 4 N–H and O–H groups in total. The fourth-order valence-electron chi connectivity index (χ4n) is 1.67. The number of carbonyl (C=O) groups is 2. The summed E-state index contributed by atoms with van der Waals surface area (Å²) in [7, 11) is 0. The molecule has 0 aliphatic heterocycles. The summed E-state index contributed by atoms with van der Waals surface area (Å²) in [5.41, 5.74) is 0.753. The van der Waals surface area contributed by atoms with Crippen LogP contribution in [0.1, 0.15) is 6.92 Å². The Bertz CT molecular complexity index is 703. The number of amides is 3. The Hall–Kier alpha value is -2.26. The lowest BCUT2D eigenvalue weighted by molar-refractivity contribution is -0.117. The Morgan fingerprint density at radius 1 is 1.30 bits per heavy atom. The van der Waals surface area contributed by atoms with Crippen molar-refractivity contribution in [3.05, 3.63) is 29.3 Å². The standard InChI is InChI=1S/C13H15ClN6O2S/c1-2-16-12(22)17-10(21)7-23-13-19-18-11(20(13)15)8-3-5-9(14)6-4-8/h3-6H,2,7,15H2,1H3,(H2,16,17,21,22). The van der Waals surface area contributed by atoms with Crippen LogP contribution in [0.5, 0.6) is 0 Å². The molecule has 0 saturated heterocycles. The molecule has 0 aliphatic rings. The van der Waals surface area contributed by atoms with Crippen molar-refractivity contribution in [1.29, 1.82) is 0 Å². The number of halogens is 1. The summed E-state index contributed by atoms with van der Waals surface area (Å²) in [6.07, 6.45) is 0. The highest BCUT2D eigenvalue weighted by molar-refractivity contribution is 7.99. The lowest BCUT2D eigenvalue weighted by Gasteiger charge is -2.05. The summed E-state index contributed by atoms with van der Waals surface area (Å²) in [6, 6.07) is 6.45. The van der Waals surface area contributed by atoms with Crippen molar-refractivity contribution in [3.8, 4) is 11.4 Å². The minimum absolute atomic E-state index is 0.00686. The molecular weight excluding hydrogens is 340 g/mol. The van der Waals surface area contributed by atoms with Gasteiger partial charge in [-0.3, -0.25) is 10.1 Å². The molecule has 0 fully saturated rings. The molecule has 0 spiro atoms. The molecule has 0 bridgehead atoms. The molecule has 3 amide bonds. The van der Waals surface area contributed by atoms with Gasteiger partial charge in [0.25, 0.3) is 0 Å². The predicted octanol–water partition coefficient (Wildman–Crippen LogP) is 1.25. The monoisotopic (exact) mass is 354 g/mol. The number of urea groups is 1. The van der Waals surface area contributed by atoms with Crippen molar-refractivity contribution in [2.45, 2.75) is 12.1 Å². The minimum Gasteiger partial charge on any atom is -0.338 e.